The number of amides is 1. The van der Waals surface area contributed by atoms with Gasteiger partial charge < -0.3 is 10.4 Å². The SMILES string of the molecule is CC1(CO)CCNC1=O. The summed E-state index contributed by atoms with van der Waals surface area (Å²) < 4.78 is 0. The van der Waals surface area contributed by atoms with E-state index >= 15 is 0 Å². The van der Waals surface area contributed by atoms with Gasteiger partial charge in [0.15, 0.2) is 0 Å². The molecule has 52 valence electrons. The van der Waals surface area contributed by atoms with Crippen molar-refractivity contribution in [2.24, 2.45) is 5.41 Å². The molecule has 9 heavy (non-hydrogen) atoms. The van der Waals surface area contributed by atoms with Gasteiger partial charge in [-0.05, 0) is 13.3 Å². The number of aliphatic hydroxyl groups is 1. The molecule has 3 heteroatoms. The van der Waals surface area contributed by atoms with Crippen molar-refractivity contribution < 1.29 is 9.90 Å². The summed E-state index contributed by atoms with van der Waals surface area (Å²) in [6.07, 6.45) is 0.752. The minimum atomic E-state index is -0.500. The lowest BCUT2D eigenvalue weighted by molar-refractivity contribution is -0.128. The molecule has 1 atom stereocenters. The third kappa shape index (κ3) is 0.920. The largest absolute Gasteiger partial charge is 0.395 e. The van der Waals surface area contributed by atoms with E-state index < -0.39 is 5.41 Å². The zero-order valence-corrected chi connectivity index (χ0v) is 5.48. The lowest BCUT2D eigenvalue weighted by Crippen LogP contribution is -2.31. The summed E-state index contributed by atoms with van der Waals surface area (Å²) >= 11 is 0. The van der Waals surface area contributed by atoms with Crippen molar-refractivity contribution in [2.75, 3.05) is 13.2 Å². The average molecular weight is 129 g/mol. The summed E-state index contributed by atoms with van der Waals surface area (Å²) in [6.45, 7) is 2.43. The molecule has 1 heterocycles. The molecule has 0 aliphatic carbocycles. The number of carbonyl (C=O) groups excluding carboxylic acids is 1. The molecule has 0 aromatic carbocycles. The number of aliphatic hydroxyl groups excluding tert-OH is 1. The number of rotatable bonds is 1. The summed E-state index contributed by atoms with van der Waals surface area (Å²) in [5.41, 5.74) is -0.500. The maximum absolute atomic E-state index is 10.9. The highest BCUT2D eigenvalue weighted by Crippen LogP contribution is 2.24. The van der Waals surface area contributed by atoms with Crippen LogP contribution in [0.3, 0.4) is 0 Å². The maximum Gasteiger partial charge on any atom is 0.228 e. The molecule has 1 amide bonds. The maximum atomic E-state index is 10.9. The first kappa shape index (κ1) is 6.55. The van der Waals surface area contributed by atoms with E-state index in [1.165, 1.54) is 0 Å². The molecule has 0 aromatic rings. The van der Waals surface area contributed by atoms with Crippen LogP contribution in [0.2, 0.25) is 0 Å². The quantitative estimate of drug-likeness (QED) is 0.501. The Morgan fingerprint density at radius 3 is 2.78 bits per heavy atom. The Morgan fingerprint density at radius 1 is 1.89 bits per heavy atom. The fourth-order valence-corrected chi connectivity index (χ4v) is 0.930. The molecule has 1 rings (SSSR count). The van der Waals surface area contributed by atoms with Crippen LogP contribution in [0.1, 0.15) is 13.3 Å². The number of hydrogen-bond donors (Lipinski definition) is 2. The second-order valence-electron chi connectivity index (χ2n) is 2.72. The lowest BCUT2D eigenvalue weighted by atomic mass is 9.90. The van der Waals surface area contributed by atoms with Crippen LogP contribution in [0.25, 0.3) is 0 Å². The van der Waals surface area contributed by atoms with Crippen LogP contribution < -0.4 is 5.32 Å². The average Bonchev–Trinajstić information content (AvgIpc) is 2.15. The first-order valence-corrected chi connectivity index (χ1v) is 3.08. The van der Waals surface area contributed by atoms with Gasteiger partial charge in [-0.1, -0.05) is 0 Å². The van der Waals surface area contributed by atoms with Gasteiger partial charge in [0.05, 0.1) is 12.0 Å². The zero-order valence-electron chi connectivity index (χ0n) is 5.48. The van der Waals surface area contributed by atoms with Crippen LogP contribution in [0.4, 0.5) is 0 Å². The molecule has 0 aromatic heterocycles. The first-order chi connectivity index (χ1) is 4.19. The zero-order chi connectivity index (χ0) is 6.91. The van der Waals surface area contributed by atoms with E-state index in [2.05, 4.69) is 5.32 Å². The Kier molecular flexibility index (Phi) is 1.45. The van der Waals surface area contributed by atoms with Crippen molar-refractivity contribution in [2.45, 2.75) is 13.3 Å². The second-order valence-corrected chi connectivity index (χ2v) is 2.72. The van der Waals surface area contributed by atoms with E-state index in [4.69, 9.17) is 5.11 Å². The third-order valence-corrected chi connectivity index (χ3v) is 1.86. The predicted molar refractivity (Wildman–Crippen MR) is 32.8 cm³/mol. The molecule has 0 spiro atoms. The molecule has 0 bridgehead atoms. The van der Waals surface area contributed by atoms with E-state index in [0.29, 0.717) is 6.54 Å². The van der Waals surface area contributed by atoms with Gasteiger partial charge in [-0.25, -0.2) is 0 Å². The molecule has 2 N–H and O–H groups in total. The van der Waals surface area contributed by atoms with Crippen molar-refractivity contribution in [3.05, 3.63) is 0 Å². The second kappa shape index (κ2) is 1.99. The van der Waals surface area contributed by atoms with Crippen LogP contribution in [-0.4, -0.2) is 24.2 Å². The molecular formula is C6H11NO2. The highest BCUT2D eigenvalue weighted by molar-refractivity contribution is 5.84. The minimum Gasteiger partial charge on any atom is -0.395 e. The summed E-state index contributed by atoms with van der Waals surface area (Å²) in [7, 11) is 0. The van der Waals surface area contributed by atoms with Crippen molar-refractivity contribution in [3.8, 4) is 0 Å². The monoisotopic (exact) mass is 129 g/mol. The summed E-state index contributed by atoms with van der Waals surface area (Å²) in [5.74, 6) is -0.0231. The third-order valence-electron chi connectivity index (χ3n) is 1.86. The molecule has 1 fully saturated rings. The topological polar surface area (TPSA) is 49.3 Å². The Labute approximate surface area is 54.1 Å². The normalized spacial score (nSPS) is 34.7. The smallest absolute Gasteiger partial charge is 0.228 e. The van der Waals surface area contributed by atoms with Gasteiger partial charge in [0.1, 0.15) is 0 Å². The fraction of sp³-hybridized carbons (Fsp3) is 0.833. The summed E-state index contributed by atoms with van der Waals surface area (Å²) in [5, 5.41) is 11.4. The summed E-state index contributed by atoms with van der Waals surface area (Å²) in [4.78, 5) is 10.9. The Morgan fingerprint density at radius 2 is 2.56 bits per heavy atom. The summed E-state index contributed by atoms with van der Waals surface area (Å²) in [6, 6.07) is 0. The highest BCUT2D eigenvalue weighted by Gasteiger charge is 2.36. The van der Waals surface area contributed by atoms with Crippen LogP contribution in [0.5, 0.6) is 0 Å². The number of carbonyl (C=O) groups is 1. The molecule has 0 radical (unpaired) electrons. The standard InChI is InChI=1S/C6H11NO2/c1-6(4-8)2-3-7-5(6)9/h8H,2-4H2,1H3,(H,7,9). The van der Waals surface area contributed by atoms with Gasteiger partial charge in [0.2, 0.25) is 5.91 Å². The molecule has 1 unspecified atom stereocenters. The lowest BCUT2D eigenvalue weighted by Gasteiger charge is -2.15. The molecule has 3 nitrogen and oxygen atoms in total. The van der Waals surface area contributed by atoms with Gasteiger partial charge in [-0.15, -0.1) is 0 Å². The van der Waals surface area contributed by atoms with E-state index in [-0.39, 0.29) is 12.5 Å². The molecule has 1 aliphatic rings. The van der Waals surface area contributed by atoms with Crippen molar-refractivity contribution >= 4 is 5.91 Å². The van der Waals surface area contributed by atoms with Crippen LogP contribution >= 0.6 is 0 Å². The van der Waals surface area contributed by atoms with Crippen molar-refractivity contribution in [1.29, 1.82) is 0 Å². The van der Waals surface area contributed by atoms with E-state index in [0.717, 1.165) is 6.42 Å². The first-order valence-electron chi connectivity index (χ1n) is 3.08. The minimum absolute atomic E-state index is 0.0231. The van der Waals surface area contributed by atoms with Crippen LogP contribution in [0.15, 0.2) is 0 Å². The number of nitrogens with one attached hydrogen (secondary N) is 1. The van der Waals surface area contributed by atoms with Crippen LogP contribution in [0, 0.1) is 5.41 Å². The Bertz CT molecular complexity index is 135. The molecule has 1 aliphatic heterocycles. The van der Waals surface area contributed by atoms with E-state index in [9.17, 15) is 4.79 Å². The van der Waals surface area contributed by atoms with E-state index in [1.807, 2.05) is 0 Å². The van der Waals surface area contributed by atoms with Crippen molar-refractivity contribution in [1.82, 2.24) is 5.32 Å². The van der Waals surface area contributed by atoms with Gasteiger partial charge in [0, 0.05) is 6.54 Å². The van der Waals surface area contributed by atoms with Crippen LogP contribution in [-0.2, 0) is 4.79 Å². The van der Waals surface area contributed by atoms with Gasteiger partial charge >= 0.3 is 0 Å². The molecule has 0 saturated carbocycles. The highest BCUT2D eigenvalue weighted by atomic mass is 16.3. The van der Waals surface area contributed by atoms with Gasteiger partial charge in [-0.2, -0.15) is 0 Å². The Hall–Kier alpha value is -0.570. The van der Waals surface area contributed by atoms with E-state index in [1.54, 1.807) is 6.92 Å². The number of hydrogen-bond acceptors (Lipinski definition) is 2. The van der Waals surface area contributed by atoms with Crippen molar-refractivity contribution in [3.63, 3.8) is 0 Å². The van der Waals surface area contributed by atoms with Gasteiger partial charge in [0.25, 0.3) is 0 Å². The Balaban J connectivity index is 2.67. The predicted octanol–water partition coefficient (Wildman–Crippen LogP) is -0.495. The van der Waals surface area contributed by atoms with Gasteiger partial charge in [-0.3, -0.25) is 4.79 Å². The molecular weight excluding hydrogens is 118 g/mol. The fourth-order valence-electron chi connectivity index (χ4n) is 0.930. The molecule has 1 saturated heterocycles.